The summed E-state index contributed by atoms with van der Waals surface area (Å²) in [6.45, 7) is 0.624. The van der Waals surface area contributed by atoms with Crippen molar-refractivity contribution in [2.75, 3.05) is 5.73 Å². The molecule has 4 rings (SSSR count). The summed E-state index contributed by atoms with van der Waals surface area (Å²) < 4.78 is 2.17. The third kappa shape index (κ3) is 3.33. The van der Waals surface area contributed by atoms with Gasteiger partial charge in [-0.3, -0.25) is 4.79 Å². The zero-order valence-corrected chi connectivity index (χ0v) is 14.8. The van der Waals surface area contributed by atoms with Crippen molar-refractivity contribution in [2.45, 2.75) is 25.4 Å². The highest BCUT2D eigenvalue weighted by atomic mass is 16.2. The Morgan fingerprint density at radius 1 is 1.31 bits per heavy atom. The number of aryl methyl sites for hydroxylation is 1. The normalized spacial score (nSPS) is 14.2. The van der Waals surface area contributed by atoms with E-state index < -0.39 is 0 Å². The van der Waals surface area contributed by atoms with Crippen molar-refractivity contribution in [1.82, 2.24) is 14.5 Å². The van der Waals surface area contributed by atoms with Crippen molar-refractivity contribution in [3.63, 3.8) is 0 Å². The Labute approximate surface area is 152 Å². The summed E-state index contributed by atoms with van der Waals surface area (Å²) in [7, 11) is 2.06. The van der Waals surface area contributed by atoms with Gasteiger partial charge in [0.2, 0.25) is 5.91 Å². The van der Waals surface area contributed by atoms with Crippen LogP contribution in [-0.2, 0) is 18.4 Å². The Balaban J connectivity index is 1.54. The van der Waals surface area contributed by atoms with Crippen molar-refractivity contribution in [1.29, 1.82) is 0 Å². The Bertz CT molecular complexity index is 967. The highest BCUT2D eigenvalue weighted by Crippen LogP contribution is 2.30. The fourth-order valence-electron chi connectivity index (χ4n) is 3.22. The van der Waals surface area contributed by atoms with Crippen LogP contribution in [0.15, 0.2) is 54.7 Å². The molecule has 0 bridgehead atoms. The van der Waals surface area contributed by atoms with Gasteiger partial charge >= 0.3 is 0 Å². The molecule has 0 spiro atoms. The van der Waals surface area contributed by atoms with Crippen LogP contribution < -0.4 is 5.73 Å². The molecule has 132 valence electrons. The molecule has 0 radical (unpaired) electrons. The molecule has 1 amide bonds. The molecule has 1 aromatic carbocycles. The fourth-order valence-corrected chi connectivity index (χ4v) is 3.22. The van der Waals surface area contributed by atoms with Crippen LogP contribution >= 0.6 is 0 Å². The number of nitrogen functional groups attached to an aromatic ring is 1. The van der Waals surface area contributed by atoms with E-state index in [2.05, 4.69) is 34.8 Å². The number of hydrogen-bond donors (Lipinski definition) is 1. The van der Waals surface area contributed by atoms with Gasteiger partial charge in [-0.15, -0.1) is 0 Å². The molecule has 1 fully saturated rings. The van der Waals surface area contributed by atoms with Crippen LogP contribution in [0.4, 0.5) is 5.82 Å². The number of fused-ring (bicyclic) bond motifs is 1. The zero-order valence-electron chi connectivity index (χ0n) is 14.8. The van der Waals surface area contributed by atoms with Crippen LogP contribution in [0.25, 0.3) is 17.0 Å². The fraction of sp³-hybridized carbons (Fsp3) is 0.238. The van der Waals surface area contributed by atoms with E-state index in [1.54, 1.807) is 24.4 Å². The second kappa shape index (κ2) is 6.67. The van der Waals surface area contributed by atoms with Gasteiger partial charge in [-0.2, -0.15) is 0 Å². The molecule has 0 aliphatic heterocycles. The lowest BCUT2D eigenvalue weighted by atomic mass is 10.2. The number of para-hydroxylation sites is 1. The number of carbonyl (C=O) groups excluding carboxylic acids is 1. The highest BCUT2D eigenvalue weighted by molar-refractivity contribution is 5.92. The van der Waals surface area contributed by atoms with Gasteiger partial charge in [0.05, 0.1) is 6.54 Å². The summed E-state index contributed by atoms with van der Waals surface area (Å²) in [5.74, 6) is 0.512. The van der Waals surface area contributed by atoms with Gasteiger partial charge in [0.25, 0.3) is 0 Å². The number of anilines is 1. The summed E-state index contributed by atoms with van der Waals surface area (Å²) >= 11 is 0. The summed E-state index contributed by atoms with van der Waals surface area (Å²) in [6, 6.07) is 14.4. The second-order valence-electron chi connectivity index (χ2n) is 6.80. The molecule has 0 saturated heterocycles. The Morgan fingerprint density at radius 3 is 2.81 bits per heavy atom. The number of nitrogens with two attached hydrogens (primary N) is 1. The minimum absolute atomic E-state index is 0.0366. The maximum Gasteiger partial charge on any atom is 0.247 e. The van der Waals surface area contributed by atoms with Crippen molar-refractivity contribution >= 4 is 28.7 Å². The minimum Gasteiger partial charge on any atom is -0.384 e. The largest absolute Gasteiger partial charge is 0.384 e. The van der Waals surface area contributed by atoms with Crippen LogP contribution in [0.2, 0.25) is 0 Å². The summed E-state index contributed by atoms with van der Waals surface area (Å²) in [5.41, 5.74) is 8.80. The van der Waals surface area contributed by atoms with E-state index in [1.165, 1.54) is 10.9 Å². The first-order valence-electron chi connectivity index (χ1n) is 8.85. The predicted octanol–water partition coefficient (Wildman–Crippen LogP) is 3.36. The lowest BCUT2D eigenvalue weighted by Crippen LogP contribution is -2.31. The number of pyridine rings is 1. The SMILES string of the molecule is Cn1c(CN(C(=O)/C=C/c2ccc(N)nc2)C2CC2)cc2ccccc21. The molecule has 2 aromatic heterocycles. The molecule has 5 nitrogen and oxygen atoms in total. The maximum atomic E-state index is 12.8. The van der Waals surface area contributed by atoms with E-state index >= 15 is 0 Å². The van der Waals surface area contributed by atoms with Gasteiger partial charge in [0.15, 0.2) is 0 Å². The van der Waals surface area contributed by atoms with E-state index in [9.17, 15) is 4.79 Å². The Hall–Kier alpha value is -3.08. The van der Waals surface area contributed by atoms with Crippen LogP contribution in [0.5, 0.6) is 0 Å². The molecular weight excluding hydrogens is 324 g/mol. The van der Waals surface area contributed by atoms with Gasteiger partial charge < -0.3 is 15.2 Å². The lowest BCUT2D eigenvalue weighted by molar-refractivity contribution is -0.127. The zero-order chi connectivity index (χ0) is 18.1. The number of amides is 1. The molecular formula is C21H22N4O. The average Bonchev–Trinajstić information content (AvgIpc) is 3.44. The molecule has 0 atom stereocenters. The monoisotopic (exact) mass is 346 g/mol. The topological polar surface area (TPSA) is 64.2 Å². The van der Waals surface area contributed by atoms with Crippen molar-refractivity contribution in [2.24, 2.45) is 7.05 Å². The van der Waals surface area contributed by atoms with Crippen molar-refractivity contribution in [3.05, 3.63) is 66.0 Å². The second-order valence-corrected chi connectivity index (χ2v) is 6.80. The highest BCUT2D eigenvalue weighted by Gasteiger charge is 2.32. The number of rotatable bonds is 5. The number of aromatic nitrogens is 2. The molecule has 1 saturated carbocycles. The number of carbonyl (C=O) groups is 1. The number of nitrogens with zero attached hydrogens (tertiary/aromatic N) is 3. The molecule has 26 heavy (non-hydrogen) atoms. The molecule has 2 heterocycles. The third-order valence-corrected chi connectivity index (χ3v) is 4.88. The van der Waals surface area contributed by atoms with E-state index in [1.807, 2.05) is 23.1 Å². The van der Waals surface area contributed by atoms with E-state index in [0.29, 0.717) is 18.4 Å². The van der Waals surface area contributed by atoms with Crippen LogP contribution in [0.3, 0.4) is 0 Å². The quantitative estimate of drug-likeness (QED) is 0.721. The number of benzene rings is 1. The van der Waals surface area contributed by atoms with Crippen molar-refractivity contribution < 1.29 is 4.79 Å². The van der Waals surface area contributed by atoms with Gasteiger partial charge in [-0.1, -0.05) is 18.2 Å². The Kier molecular flexibility index (Phi) is 4.21. The lowest BCUT2D eigenvalue weighted by Gasteiger charge is -2.21. The molecule has 2 N–H and O–H groups in total. The average molecular weight is 346 g/mol. The molecule has 3 aromatic rings. The van der Waals surface area contributed by atoms with Crippen molar-refractivity contribution in [3.8, 4) is 0 Å². The van der Waals surface area contributed by atoms with E-state index in [-0.39, 0.29) is 5.91 Å². The summed E-state index contributed by atoms with van der Waals surface area (Å²) in [5, 5.41) is 1.21. The first-order chi connectivity index (χ1) is 12.6. The van der Waals surface area contributed by atoms with Gasteiger partial charge in [-0.25, -0.2) is 4.98 Å². The standard InChI is InChI=1S/C21H22N4O/c1-24-18(12-16-4-2-3-5-19(16)24)14-25(17-8-9-17)21(26)11-7-15-6-10-20(22)23-13-15/h2-7,10-13,17H,8-9,14H2,1H3,(H2,22,23)/b11-7+. The maximum absolute atomic E-state index is 12.8. The predicted molar refractivity (Wildman–Crippen MR) is 104 cm³/mol. The molecule has 5 heteroatoms. The van der Waals surface area contributed by atoms with Crippen LogP contribution in [0, 0.1) is 0 Å². The first kappa shape index (κ1) is 16.4. The summed E-state index contributed by atoms with van der Waals surface area (Å²) in [4.78, 5) is 18.8. The minimum atomic E-state index is 0.0366. The summed E-state index contributed by atoms with van der Waals surface area (Å²) in [6.07, 6.45) is 7.25. The van der Waals surface area contributed by atoms with E-state index in [4.69, 9.17) is 5.73 Å². The first-order valence-corrected chi connectivity index (χ1v) is 8.85. The van der Waals surface area contributed by atoms with Gasteiger partial charge in [-0.05, 0) is 54.1 Å². The van der Waals surface area contributed by atoms with Crippen LogP contribution in [-0.4, -0.2) is 26.4 Å². The third-order valence-electron chi connectivity index (χ3n) is 4.88. The van der Waals surface area contributed by atoms with E-state index in [0.717, 1.165) is 24.1 Å². The van der Waals surface area contributed by atoms with Gasteiger partial charge in [0.1, 0.15) is 5.82 Å². The Morgan fingerprint density at radius 2 is 2.12 bits per heavy atom. The smallest absolute Gasteiger partial charge is 0.247 e. The van der Waals surface area contributed by atoms with Crippen LogP contribution in [0.1, 0.15) is 24.1 Å². The number of hydrogen-bond acceptors (Lipinski definition) is 3. The molecule has 1 aliphatic rings. The molecule has 1 aliphatic carbocycles. The van der Waals surface area contributed by atoms with Gasteiger partial charge in [0, 0.05) is 36.6 Å². The molecule has 0 unspecified atom stereocenters.